The Morgan fingerprint density at radius 2 is 2.07 bits per heavy atom. The molecule has 2 bridgehead atoms. The highest BCUT2D eigenvalue weighted by atomic mass is 16.5. The molecule has 0 aliphatic carbocycles. The molecule has 0 saturated carbocycles. The smallest absolute Gasteiger partial charge is 0.235 e. The van der Waals surface area contributed by atoms with E-state index in [0.717, 1.165) is 19.6 Å². The third kappa shape index (κ3) is 2.23. The van der Waals surface area contributed by atoms with Gasteiger partial charge in [-0.2, -0.15) is 0 Å². The molecule has 2 rings (SSSR count). The van der Waals surface area contributed by atoms with E-state index in [-0.39, 0.29) is 5.91 Å². The molecule has 3 N–H and O–H groups in total. The SMILES string of the molecule is NNC(=O)CCN1CC2CCC(C1)O2. The molecule has 0 aromatic heterocycles. The van der Waals surface area contributed by atoms with E-state index in [1.54, 1.807) is 0 Å². The van der Waals surface area contributed by atoms with Gasteiger partial charge in [0.05, 0.1) is 12.2 Å². The Labute approximate surface area is 83.5 Å². The number of carbonyl (C=O) groups excluding carboxylic acids is 1. The van der Waals surface area contributed by atoms with E-state index < -0.39 is 0 Å². The molecule has 1 amide bonds. The molecule has 5 heteroatoms. The minimum Gasteiger partial charge on any atom is -0.372 e. The van der Waals surface area contributed by atoms with Crippen LogP contribution in [0.1, 0.15) is 19.3 Å². The number of rotatable bonds is 3. The Morgan fingerprint density at radius 3 is 2.64 bits per heavy atom. The highest BCUT2D eigenvalue weighted by Crippen LogP contribution is 2.25. The number of hydrazine groups is 1. The Morgan fingerprint density at radius 1 is 1.43 bits per heavy atom. The first kappa shape index (κ1) is 9.89. The van der Waals surface area contributed by atoms with Crippen molar-refractivity contribution < 1.29 is 9.53 Å². The molecule has 2 aliphatic heterocycles. The van der Waals surface area contributed by atoms with Crippen LogP contribution in [-0.2, 0) is 9.53 Å². The standard InChI is InChI=1S/C9H17N3O2/c10-11-9(13)3-4-12-5-7-1-2-8(6-12)14-7/h7-8H,1-6,10H2,(H,11,13). The van der Waals surface area contributed by atoms with Crippen molar-refractivity contribution >= 4 is 5.91 Å². The fourth-order valence-corrected chi connectivity index (χ4v) is 2.21. The Bertz CT molecular complexity index is 210. The van der Waals surface area contributed by atoms with E-state index in [4.69, 9.17) is 10.6 Å². The van der Waals surface area contributed by atoms with Crippen LogP contribution in [0.4, 0.5) is 0 Å². The first-order valence-electron chi connectivity index (χ1n) is 5.15. The number of nitrogens with one attached hydrogen (secondary N) is 1. The average Bonchev–Trinajstić information content (AvgIpc) is 2.54. The first-order chi connectivity index (χ1) is 6.78. The number of nitrogens with two attached hydrogens (primary N) is 1. The van der Waals surface area contributed by atoms with Crippen molar-refractivity contribution in [3.8, 4) is 0 Å². The summed E-state index contributed by atoms with van der Waals surface area (Å²) in [7, 11) is 0. The van der Waals surface area contributed by atoms with E-state index in [1.165, 1.54) is 12.8 Å². The van der Waals surface area contributed by atoms with Gasteiger partial charge in [-0.25, -0.2) is 5.84 Å². The normalized spacial score (nSPS) is 31.8. The van der Waals surface area contributed by atoms with Crippen molar-refractivity contribution in [3.05, 3.63) is 0 Å². The van der Waals surface area contributed by atoms with Crippen LogP contribution in [0.5, 0.6) is 0 Å². The van der Waals surface area contributed by atoms with Crippen LogP contribution in [-0.4, -0.2) is 42.6 Å². The fourth-order valence-electron chi connectivity index (χ4n) is 2.21. The number of likely N-dealkylation sites (tertiary alicyclic amines) is 1. The van der Waals surface area contributed by atoms with E-state index in [2.05, 4.69) is 10.3 Å². The van der Waals surface area contributed by atoms with Crippen LogP contribution >= 0.6 is 0 Å². The lowest BCUT2D eigenvalue weighted by atomic mass is 10.2. The van der Waals surface area contributed by atoms with Crippen molar-refractivity contribution in [1.29, 1.82) is 0 Å². The van der Waals surface area contributed by atoms with E-state index in [9.17, 15) is 4.79 Å². The summed E-state index contributed by atoms with van der Waals surface area (Å²) in [5.74, 6) is 4.92. The topological polar surface area (TPSA) is 67.6 Å². The number of nitrogens with zero attached hydrogens (tertiary/aromatic N) is 1. The van der Waals surface area contributed by atoms with Crippen molar-refractivity contribution in [1.82, 2.24) is 10.3 Å². The maximum absolute atomic E-state index is 10.9. The van der Waals surface area contributed by atoms with Gasteiger partial charge >= 0.3 is 0 Å². The summed E-state index contributed by atoms with van der Waals surface area (Å²) in [6, 6.07) is 0. The molecule has 14 heavy (non-hydrogen) atoms. The predicted octanol–water partition coefficient (Wildman–Crippen LogP) is -0.770. The van der Waals surface area contributed by atoms with Crippen LogP contribution in [0.3, 0.4) is 0 Å². The molecule has 80 valence electrons. The minimum absolute atomic E-state index is 0.0937. The van der Waals surface area contributed by atoms with Crippen LogP contribution in [0.25, 0.3) is 0 Å². The Hall–Kier alpha value is -0.650. The van der Waals surface area contributed by atoms with Crippen LogP contribution < -0.4 is 11.3 Å². The molecule has 2 aliphatic rings. The molecule has 2 unspecified atom stereocenters. The number of hydrogen-bond acceptors (Lipinski definition) is 4. The van der Waals surface area contributed by atoms with E-state index in [1.807, 2.05) is 0 Å². The molecule has 2 atom stereocenters. The van der Waals surface area contributed by atoms with E-state index >= 15 is 0 Å². The summed E-state index contributed by atoms with van der Waals surface area (Å²) < 4.78 is 5.69. The number of hydrogen-bond donors (Lipinski definition) is 2. The maximum Gasteiger partial charge on any atom is 0.235 e. The molecule has 0 aromatic rings. The molecule has 2 fully saturated rings. The second-order valence-electron chi connectivity index (χ2n) is 4.03. The monoisotopic (exact) mass is 199 g/mol. The number of fused-ring (bicyclic) bond motifs is 2. The first-order valence-corrected chi connectivity index (χ1v) is 5.15. The molecule has 0 aromatic carbocycles. The zero-order valence-electron chi connectivity index (χ0n) is 8.24. The summed E-state index contributed by atoms with van der Waals surface area (Å²) in [6.45, 7) is 2.72. The predicted molar refractivity (Wildman–Crippen MR) is 51.3 cm³/mol. The van der Waals surface area contributed by atoms with Gasteiger partial charge in [-0.05, 0) is 12.8 Å². The van der Waals surface area contributed by atoms with Gasteiger partial charge in [0, 0.05) is 26.1 Å². The molecule has 2 heterocycles. The van der Waals surface area contributed by atoms with E-state index in [0.29, 0.717) is 18.6 Å². The lowest BCUT2D eigenvalue weighted by molar-refractivity contribution is -0.122. The van der Waals surface area contributed by atoms with Crippen molar-refractivity contribution in [2.75, 3.05) is 19.6 Å². The highest BCUT2D eigenvalue weighted by molar-refractivity contribution is 5.75. The van der Waals surface area contributed by atoms with Gasteiger partial charge < -0.3 is 4.74 Å². The lowest BCUT2D eigenvalue weighted by Gasteiger charge is -2.31. The second kappa shape index (κ2) is 4.25. The van der Waals surface area contributed by atoms with Gasteiger partial charge in [0.1, 0.15) is 0 Å². The largest absolute Gasteiger partial charge is 0.372 e. The molecule has 2 saturated heterocycles. The zero-order chi connectivity index (χ0) is 9.97. The maximum atomic E-state index is 10.9. The van der Waals surface area contributed by atoms with Gasteiger partial charge in [0.25, 0.3) is 0 Å². The average molecular weight is 199 g/mol. The number of amides is 1. The quantitative estimate of drug-likeness (QED) is 0.356. The third-order valence-corrected chi connectivity index (χ3v) is 2.94. The number of carbonyl (C=O) groups is 1. The minimum atomic E-state index is -0.0937. The van der Waals surface area contributed by atoms with Crippen LogP contribution in [0.15, 0.2) is 0 Å². The van der Waals surface area contributed by atoms with Gasteiger partial charge in [0.2, 0.25) is 5.91 Å². The van der Waals surface area contributed by atoms with Crippen molar-refractivity contribution in [2.45, 2.75) is 31.5 Å². The number of morpholine rings is 1. The summed E-state index contributed by atoms with van der Waals surface area (Å²) in [4.78, 5) is 13.2. The van der Waals surface area contributed by atoms with Gasteiger partial charge in [-0.1, -0.05) is 0 Å². The summed E-state index contributed by atoms with van der Waals surface area (Å²) in [5, 5.41) is 0. The van der Waals surface area contributed by atoms with Crippen molar-refractivity contribution in [3.63, 3.8) is 0 Å². The highest BCUT2D eigenvalue weighted by Gasteiger charge is 2.33. The fraction of sp³-hybridized carbons (Fsp3) is 0.889. The molecular weight excluding hydrogens is 182 g/mol. The summed E-state index contributed by atoms with van der Waals surface area (Å²) >= 11 is 0. The van der Waals surface area contributed by atoms with Gasteiger partial charge in [-0.3, -0.25) is 15.1 Å². The van der Waals surface area contributed by atoms with Crippen LogP contribution in [0, 0.1) is 0 Å². The van der Waals surface area contributed by atoms with Gasteiger partial charge in [-0.15, -0.1) is 0 Å². The molecular formula is C9H17N3O2. The Balaban J connectivity index is 1.74. The second-order valence-corrected chi connectivity index (χ2v) is 4.03. The Kier molecular flexibility index (Phi) is 3.00. The summed E-state index contributed by atoms with van der Waals surface area (Å²) in [5.41, 5.74) is 2.15. The zero-order valence-corrected chi connectivity index (χ0v) is 8.24. The third-order valence-electron chi connectivity index (χ3n) is 2.94. The van der Waals surface area contributed by atoms with Gasteiger partial charge in [0.15, 0.2) is 0 Å². The summed E-state index contributed by atoms with van der Waals surface area (Å²) in [6.07, 6.45) is 3.62. The molecule has 5 nitrogen and oxygen atoms in total. The van der Waals surface area contributed by atoms with Crippen LogP contribution in [0.2, 0.25) is 0 Å². The molecule has 0 spiro atoms. The van der Waals surface area contributed by atoms with Crippen molar-refractivity contribution in [2.24, 2.45) is 5.84 Å². The molecule has 0 radical (unpaired) electrons. The number of ether oxygens (including phenoxy) is 1. The lowest BCUT2D eigenvalue weighted by Crippen LogP contribution is -2.44.